The van der Waals surface area contributed by atoms with Crippen LogP contribution in [0.25, 0.3) is 0 Å². The zero-order valence-electron chi connectivity index (χ0n) is 12.3. The molecule has 0 aliphatic rings. The molecule has 0 amide bonds. The minimum atomic E-state index is -1.05. The van der Waals surface area contributed by atoms with Crippen molar-refractivity contribution in [3.63, 3.8) is 0 Å². The van der Waals surface area contributed by atoms with Crippen LogP contribution in [0.4, 0.5) is 0 Å². The molecule has 0 saturated heterocycles. The van der Waals surface area contributed by atoms with E-state index in [1.807, 2.05) is 49.4 Å². The second-order valence-electron chi connectivity index (χ2n) is 4.90. The Hall–Kier alpha value is -0.970. The molecule has 0 bridgehead atoms. The van der Waals surface area contributed by atoms with E-state index in [9.17, 15) is 4.21 Å². The smallest absolute Gasteiger partial charge is 0.0577 e. The van der Waals surface area contributed by atoms with Crippen molar-refractivity contribution in [2.75, 3.05) is 6.54 Å². The average molecular weight is 366 g/mol. The van der Waals surface area contributed by atoms with Gasteiger partial charge in [-0.05, 0) is 43.3 Å². The molecule has 112 valence electrons. The van der Waals surface area contributed by atoms with Crippen LogP contribution in [0.1, 0.15) is 25.5 Å². The first-order valence-corrected chi connectivity index (χ1v) is 9.08. The van der Waals surface area contributed by atoms with Gasteiger partial charge in [0.1, 0.15) is 0 Å². The Labute approximate surface area is 137 Å². The highest BCUT2D eigenvalue weighted by Crippen LogP contribution is 2.25. The van der Waals surface area contributed by atoms with Crippen LogP contribution >= 0.6 is 15.9 Å². The van der Waals surface area contributed by atoms with E-state index in [4.69, 9.17) is 0 Å². The van der Waals surface area contributed by atoms with Crippen molar-refractivity contribution in [2.24, 2.45) is 0 Å². The van der Waals surface area contributed by atoms with Crippen molar-refractivity contribution in [1.29, 1.82) is 0 Å². The van der Waals surface area contributed by atoms with Crippen LogP contribution < -0.4 is 5.32 Å². The Morgan fingerprint density at radius 1 is 1.10 bits per heavy atom. The summed E-state index contributed by atoms with van der Waals surface area (Å²) < 4.78 is 13.8. The number of halogens is 1. The lowest BCUT2D eigenvalue weighted by molar-refractivity contribution is 0.535. The lowest BCUT2D eigenvalue weighted by Gasteiger charge is -2.25. The fraction of sp³-hybridized carbons (Fsp3) is 0.294. The molecule has 0 saturated carbocycles. The zero-order valence-corrected chi connectivity index (χ0v) is 14.7. The lowest BCUT2D eigenvalue weighted by atomic mass is 10.0. The van der Waals surface area contributed by atoms with E-state index in [1.54, 1.807) is 0 Å². The summed E-state index contributed by atoms with van der Waals surface area (Å²) in [4.78, 5) is 0.865. The molecule has 0 fully saturated rings. The summed E-state index contributed by atoms with van der Waals surface area (Å²) in [5.41, 5.74) is 1.18. The van der Waals surface area contributed by atoms with Gasteiger partial charge in [-0.25, -0.2) is 0 Å². The van der Waals surface area contributed by atoms with E-state index >= 15 is 0 Å². The van der Waals surface area contributed by atoms with Crippen LogP contribution in [0.3, 0.4) is 0 Å². The first-order chi connectivity index (χ1) is 10.1. The standard InChI is InChI=1S/C17H20BrNOS/c1-3-19-17(14-7-5-4-6-8-14)13(2)21(20)16-11-9-15(18)10-12-16/h4-13,17,19H,3H2,1-2H3. The molecule has 0 heterocycles. The molecular formula is C17H20BrNOS. The van der Waals surface area contributed by atoms with Gasteiger partial charge in [0.05, 0.1) is 16.0 Å². The monoisotopic (exact) mass is 365 g/mol. The Morgan fingerprint density at radius 2 is 1.71 bits per heavy atom. The normalized spacial score (nSPS) is 15.4. The summed E-state index contributed by atoms with van der Waals surface area (Å²) in [7, 11) is -1.05. The minimum absolute atomic E-state index is 0.00599. The Morgan fingerprint density at radius 3 is 2.29 bits per heavy atom. The number of hydrogen-bond donors (Lipinski definition) is 1. The highest BCUT2D eigenvalue weighted by Gasteiger charge is 2.24. The number of benzene rings is 2. The molecule has 0 aliphatic carbocycles. The highest BCUT2D eigenvalue weighted by molar-refractivity contribution is 9.10. The maximum absolute atomic E-state index is 12.8. The van der Waals surface area contributed by atoms with Gasteiger partial charge < -0.3 is 5.32 Å². The van der Waals surface area contributed by atoms with Crippen LogP contribution in [0.5, 0.6) is 0 Å². The van der Waals surface area contributed by atoms with Gasteiger partial charge >= 0.3 is 0 Å². The molecule has 2 nitrogen and oxygen atoms in total. The molecule has 0 spiro atoms. The second-order valence-corrected chi connectivity index (χ2v) is 7.63. The van der Waals surface area contributed by atoms with Gasteiger partial charge in [0, 0.05) is 15.4 Å². The predicted octanol–water partition coefficient (Wildman–Crippen LogP) is 4.30. The molecule has 4 heteroatoms. The Bertz CT molecular complexity index is 585. The third-order valence-electron chi connectivity index (χ3n) is 3.44. The van der Waals surface area contributed by atoms with Gasteiger partial charge in [-0.1, -0.05) is 53.2 Å². The van der Waals surface area contributed by atoms with Crippen LogP contribution in [-0.2, 0) is 10.8 Å². The molecule has 2 rings (SSSR count). The van der Waals surface area contributed by atoms with Crippen molar-refractivity contribution in [1.82, 2.24) is 5.32 Å². The van der Waals surface area contributed by atoms with E-state index in [2.05, 4.69) is 40.3 Å². The van der Waals surface area contributed by atoms with E-state index < -0.39 is 10.8 Å². The topological polar surface area (TPSA) is 29.1 Å². The van der Waals surface area contributed by atoms with E-state index in [0.29, 0.717) is 0 Å². The van der Waals surface area contributed by atoms with Gasteiger partial charge in [-0.2, -0.15) is 0 Å². The molecule has 0 aliphatic heterocycles. The predicted molar refractivity (Wildman–Crippen MR) is 92.9 cm³/mol. The van der Waals surface area contributed by atoms with E-state index in [-0.39, 0.29) is 11.3 Å². The molecule has 3 unspecified atom stereocenters. The van der Waals surface area contributed by atoms with Gasteiger partial charge in [-0.3, -0.25) is 4.21 Å². The fourth-order valence-electron chi connectivity index (χ4n) is 2.34. The fourth-order valence-corrected chi connectivity index (χ4v) is 3.94. The third-order valence-corrected chi connectivity index (χ3v) is 5.65. The van der Waals surface area contributed by atoms with Crippen molar-refractivity contribution in [3.05, 3.63) is 64.6 Å². The SMILES string of the molecule is CCNC(c1ccccc1)C(C)S(=O)c1ccc(Br)cc1. The molecule has 0 radical (unpaired) electrons. The number of hydrogen-bond acceptors (Lipinski definition) is 2. The molecule has 2 aromatic carbocycles. The maximum atomic E-state index is 12.8. The summed E-state index contributed by atoms with van der Waals surface area (Å²) in [6.07, 6.45) is 0. The summed E-state index contributed by atoms with van der Waals surface area (Å²) in [5, 5.41) is 3.45. The maximum Gasteiger partial charge on any atom is 0.0577 e. The van der Waals surface area contributed by atoms with E-state index in [0.717, 1.165) is 15.9 Å². The van der Waals surface area contributed by atoms with Crippen LogP contribution in [-0.4, -0.2) is 16.0 Å². The molecule has 3 atom stereocenters. The largest absolute Gasteiger partial charge is 0.309 e. The quantitative estimate of drug-likeness (QED) is 0.826. The second kappa shape index (κ2) is 7.87. The highest BCUT2D eigenvalue weighted by atomic mass is 79.9. The van der Waals surface area contributed by atoms with Crippen LogP contribution in [0.2, 0.25) is 0 Å². The van der Waals surface area contributed by atoms with Gasteiger partial charge in [0.25, 0.3) is 0 Å². The van der Waals surface area contributed by atoms with Crippen molar-refractivity contribution < 1.29 is 4.21 Å². The average Bonchev–Trinajstić information content (AvgIpc) is 2.53. The lowest BCUT2D eigenvalue weighted by Crippen LogP contribution is -2.33. The van der Waals surface area contributed by atoms with Gasteiger partial charge in [0.2, 0.25) is 0 Å². The Balaban J connectivity index is 2.24. The van der Waals surface area contributed by atoms with E-state index in [1.165, 1.54) is 5.56 Å². The zero-order chi connectivity index (χ0) is 15.2. The molecular weight excluding hydrogens is 346 g/mol. The van der Waals surface area contributed by atoms with Crippen LogP contribution in [0, 0.1) is 0 Å². The summed E-state index contributed by atoms with van der Waals surface area (Å²) in [6.45, 7) is 4.96. The van der Waals surface area contributed by atoms with Gasteiger partial charge in [0.15, 0.2) is 0 Å². The minimum Gasteiger partial charge on any atom is -0.309 e. The first-order valence-electron chi connectivity index (χ1n) is 7.08. The summed E-state index contributed by atoms with van der Waals surface area (Å²) in [5.74, 6) is 0. The van der Waals surface area contributed by atoms with Gasteiger partial charge in [-0.15, -0.1) is 0 Å². The molecule has 1 N–H and O–H groups in total. The summed E-state index contributed by atoms with van der Waals surface area (Å²) in [6, 6.07) is 18.0. The summed E-state index contributed by atoms with van der Waals surface area (Å²) >= 11 is 3.41. The molecule has 21 heavy (non-hydrogen) atoms. The van der Waals surface area contributed by atoms with Crippen molar-refractivity contribution >= 4 is 26.7 Å². The molecule has 2 aromatic rings. The number of nitrogens with one attached hydrogen (secondary N) is 1. The van der Waals surface area contributed by atoms with Crippen molar-refractivity contribution in [2.45, 2.75) is 30.0 Å². The first kappa shape index (κ1) is 16.4. The van der Waals surface area contributed by atoms with Crippen LogP contribution in [0.15, 0.2) is 64.0 Å². The third kappa shape index (κ3) is 4.25. The number of rotatable bonds is 6. The molecule has 0 aromatic heterocycles. The van der Waals surface area contributed by atoms with Crippen molar-refractivity contribution in [3.8, 4) is 0 Å². The Kier molecular flexibility index (Phi) is 6.15.